The highest BCUT2D eigenvalue weighted by Gasteiger charge is 2.28. The van der Waals surface area contributed by atoms with E-state index in [1.165, 1.54) is 7.11 Å². The van der Waals surface area contributed by atoms with Gasteiger partial charge in [0.05, 0.1) is 19.6 Å². The average Bonchev–Trinajstić information content (AvgIpc) is 2.36. The minimum absolute atomic E-state index is 0.0454. The summed E-state index contributed by atoms with van der Waals surface area (Å²) in [4.78, 5) is 23.5. The smallest absolute Gasteiger partial charge is 0.307 e. The molecule has 1 unspecified atom stereocenters. The second kappa shape index (κ2) is 6.36. The van der Waals surface area contributed by atoms with E-state index in [1.54, 1.807) is 0 Å². The van der Waals surface area contributed by atoms with Gasteiger partial charge in [-0.05, 0) is 18.4 Å². The molecule has 1 aromatic rings. The van der Waals surface area contributed by atoms with Crippen LogP contribution in [-0.2, 0) is 14.3 Å². The van der Waals surface area contributed by atoms with Gasteiger partial charge in [0, 0.05) is 5.92 Å². The monoisotopic (exact) mass is 261 g/mol. The highest BCUT2D eigenvalue weighted by molar-refractivity contribution is 5.80. The molecule has 1 aliphatic carbocycles. The molecule has 0 heterocycles. The topological polar surface area (TPSA) is 55.4 Å². The van der Waals surface area contributed by atoms with Gasteiger partial charge in [-0.2, -0.15) is 0 Å². The van der Waals surface area contributed by atoms with Crippen LogP contribution < -0.4 is 5.32 Å². The predicted molar refractivity (Wildman–Crippen MR) is 71.3 cm³/mol. The predicted octanol–water partition coefficient (Wildman–Crippen LogP) is 2.21. The van der Waals surface area contributed by atoms with Crippen LogP contribution in [0.15, 0.2) is 30.3 Å². The fourth-order valence-electron chi connectivity index (χ4n) is 2.15. The number of methoxy groups -OCH3 is 1. The number of carbonyl (C=O) groups excluding carboxylic acids is 2. The molecule has 19 heavy (non-hydrogen) atoms. The standard InChI is InChI=1S/C15H19NO3/c1-19-14(17)10-13(11-6-3-2-4-7-11)16-15(18)12-8-5-9-12/h2-4,6-7,12-13H,5,8-10H2,1H3,(H,16,18). The number of ether oxygens (including phenoxy) is 1. The lowest BCUT2D eigenvalue weighted by Gasteiger charge is -2.27. The zero-order valence-electron chi connectivity index (χ0n) is 11.1. The summed E-state index contributed by atoms with van der Waals surface area (Å²) in [6.07, 6.45) is 3.18. The first-order valence-corrected chi connectivity index (χ1v) is 6.63. The van der Waals surface area contributed by atoms with Crippen LogP contribution in [0.4, 0.5) is 0 Å². The van der Waals surface area contributed by atoms with Crippen molar-refractivity contribution in [2.75, 3.05) is 7.11 Å². The van der Waals surface area contributed by atoms with Gasteiger partial charge in [-0.25, -0.2) is 0 Å². The largest absolute Gasteiger partial charge is 0.469 e. The molecule has 0 spiro atoms. The zero-order valence-corrected chi connectivity index (χ0v) is 11.1. The van der Waals surface area contributed by atoms with Crippen molar-refractivity contribution in [3.63, 3.8) is 0 Å². The number of nitrogens with one attached hydrogen (secondary N) is 1. The van der Waals surface area contributed by atoms with Crippen molar-refractivity contribution in [2.45, 2.75) is 31.7 Å². The number of hydrogen-bond donors (Lipinski definition) is 1. The molecule has 1 aliphatic rings. The summed E-state index contributed by atoms with van der Waals surface area (Å²) >= 11 is 0. The molecule has 1 aromatic carbocycles. The van der Waals surface area contributed by atoms with Gasteiger partial charge in [0.25, 0.3) is 0 Å². The molecule has 0 aromatic heterocycles. The van der Waals surface area contributed by atoms with E-state index in [0.29, 0.717) is 0 Å². The van der Waals surface area contributed by atoms with Gasteiger partial charge in [0.2, 0.25) is 5.91 Å². The highest BCUT2D eigenvalue weighted by atomic mass is 16.5. The van der Waals surface area contributed by atoms with Crippen LogP contribution in [0.5, 0.6) is 0 Å². The molecule has 4 heteroatoms. The van der Waals surface area contributed by atoms with E-state index in [-0.39, 0.29) is 30.3 Å². The Bertz CT molecular complexity index is 440. The normalized spacial score (nSPS) is 16.3. The minimum atomic E-state index is -0.317. The van der Waals surface area contributed by atoms with E-state index >= 15 is 0 Å². The number of benzene rings is 1. The third-order valence-corrected chi connectivity index (χ3v) is 3.59. The summed E-state index contributed by atoms with van der Waals surface area (Å²) in [5.74, 6) is -0.157. The molecule has 1 amide bonds. The van der Waals surface area contributed by atoms with Crippen LogP contribution in [0.1, 0.15) is 37.3 Å². The number of carbonyl (C=O) groups is 2. The Hall–Kier alpha value is -1.84. The lowest BCUT2D eigenvalue weighted by molar-refractivity contribution is -0.141. The molecule has 0 radical (unpaired) electrons. The molecule has 2 rings (SSSR count). The number of hydrogen-bond acceptors (Lipinski definition) is 3. The SMILES string of the molecule is COC(=O)CC(NC(=O)C1CCC1)c1ccccc1. The van der Waals surface area contributed by atoms with E-state index in [9.17, 15) is 9.59 Å². The average molecular weight is 261 g/mol. The molecule has 1 fully saturated rings. The Labute approximate surface area is 113 Å². The number of amides is 1. The van der Waals surface area contributed by atoms with Crippen LogP contribution in [-0.4, -0.2) is 19.0 Å². The fraction of sp³-hybridized carbons (Fsp3) is 0.467. The van der Waals surface area contributed by atoms with Crippen molar-refractivity contribution in [3.8, 4) is 0 Å². The molecule has 1 saturated carbocycles. The number of rotatable bonds is 5. The fourth-order valence-corrected chi connectivity index (χ4v) is 2.15. The third-order valence-electron chi connectivity index (χ3n) is 3.59. The first-order valence-electron chi connectivity index (χ1n) is 6.63. The lowest BCUT2D eigenvalue weighted by atomic mass is 9.84. The number of esters is 1. The Morgan fingerprint density at radius 2 is 2.00 bits per heavy atom. The van der Waals surface area contributed by atoms with Crippen molar-refractivity contribution < 1.29 is 14.3 Å². The van der Waals surface area contributed by atoms with E-state index in [1.807, 2.05) is 30.3 Å². The molecule has 4 nitrogen and oxygen atoms in total. The molecular weight excluding hydrogens is 242 g/mol. The van der Waals surface area contributed by atoms with Gasteiger partial charge >= 0.3 is 5.97 Å². The van der Waals surface area contributed by atoms with E-state index in [2.05, 4.69) is 5.32 Å². The molecule has 102 valence electrons. The summed E-state index contributed by atoms with van der Waals surface area (Å²) in [6, 6.07) is 9.22. The quantitative estimate of drug-likeness (QED) is 0.827. The van der Waals surface area contributed by atoms with E-state index in [4.69, 9.17) is 4.74 Å². The molecular formula is C15H19NO3. The van der Waals surface area contributed by atoms with E-state index in [0.717, 1.165) is 24.8 Å². The minimum Gasteiger partial charge on any atom is -0.469 e. The third kappa shape index (κ3) is 3.56. The van der Waals surface area contributed by atoms with E-state index < -0.39 is 0 Å². The van der Waals surface area contributed by atoms with Crippen molar-refractivity contribution >= 4 is 11.9 Å². The summed E-state index contributed by atoms with van der Waals surface area (Å²) in [7, 11) is 1.36. The van der Waals surface area contributed by atoms with Gasteiger partial charge in [-0.1, -0.05) is 36.8 Å². The van der Waals surface area contributed by atoms with Crippen LogP contribution in [0, 0.1) is 5.92 Å². The van der Waals surface area contributed by atoms with Crippen molar-refractivity contribution in [1.29, 1.82) is 0 Å². The Morgan fingerprint density at radius 3 is 2.53 bits per heavy atom. The molecule has 1 N–H and O–H groups in total. The van der Waals surface area contributed by atoms with Crippen molar-refractivity contribution in [1.82, 2.24) is 5.32 Å². The van der Waals surface area contributed by atoms with Gasteiger partial charge in [-0.3, -0.25) is 9.59 Å². The van der Waals surface area contributed by atoms with Crippen LogP contribution in [0.25, 0.3) is 0 Å². The molecule has 1 atom stereocenters. The maximum atomic E-state index is 12.0. The maximum absolute atomic E-state index is 12.0. The molecule has 0 saturated heterocycles. The Morgan fingerprint density at radius 1 is 1.32 bits per heavy atom. The summed E-state index contributed by atoms with van der Waals surface area (Å²) < 4.78 is 4.69. The van der Waals surface area contributed by atoms with Crippen molar-refractivity contribution in [2.24, 2.45) is 5.92 Å². The van der Waals surface area contributed by atoms with Crippen LogP contribution in [0.3, 0.4) is 0 Å². The van der Waals surface area contributed by atoms with Gasteiger partial charge in [-0.15, -0.1) is 0 Å². The van der Waals surface area contributed by atoms with Gasteiger partial charge in [0.1, 0.15) is 0 Å². The van der Waals surface area contributed by atoms with Gasteiger partial charge < -0.3 is 10.1 Å². The molecule has 0 bridgehead atoms. The first kappa shape index (κ1) is 13.6. The maximum Gasteiger partial charge on any atom is 0.307 e. The second-order valence-corrected chi connectivity index (χ2v) is 4.88. The summed E-state index contributed by atoms with van der Waals surface area (Å²) in [5, 5.41) is 2.96. The van der Waals surface area contributed by atoms with Crippen LogP contribution in [0.2, 0.25) is 0 Å². The van der Waals surface area contributed by atoms with Gasteiger partial charge in [0.15, 0.2) is 0 Å². The van der Waals surface area contributed by atoms with Crippen LogP contribution >= 0.6 is 0 Å². The van der Waals surface area contributed by atoms with Crippen molar-refractivity contribution in [3.05, 3.63) is 35.9 Å². The highest BCUT2D eigenvalue weighted by Crippen LogP contribution is 2.28. The summed E-state index contributed by atoms with van der Waals surface area (Å²) in [5.41, 5.74) is 0.931. The zero-order chi connectivity index (χ0) is 13.7. The Kier molecular flexibility index (Phi) is 4.55. The first-order chi connectivity index (χ1) is 9.20. The second-order valence-electron chi connectivity index (χ2n) is 4.88. The summed E-state index contributed by atoms with van der Waals surface area (Å²) in [6.45, 7) is 0. The lowest BCUT2D eigenvalue weighted by Crippen LogP contribution is -2.37. The molecule has 0 aliphatic heterocycles. The Balaban J connectivity index is 2.05.